The molecule has 110 valence electrons. The van der Waals surface area contributed by atoms with Gasteiger partial charge in [0.05, 0.1) is 18.2 Å². The van der Waals surface area contributed by atoms with Crippen LogP contribution < -0.4 is 9.47 Å². The monoisotopic (exact) mass is 296 g/mol. The van der Waals surface area contributed by atoms with Gasteiger partial charge in [-0.05, 0) is 42.0 Å². The van der Waals surface area contributed by atoms with Gasteiger partial charge in [-0.25, -0.2) is 4.79 Å². The molecule has 0 bridgehead atoms. The van der Waals surface area contributed by atoms with E-state index in [1.165, 1.54) is 25.3 Å². The van der Waals surface area contributed by atoms with E-state index >= 15 is 0 Å². The van der Waals surface area contributed by atoms with E-state index in [1.54, 1.807) is 30.3 Å². The number of allylic oxidation sites excluding steroid dienone is 1. The maximum atomic E-state index is 12.3. The summed E-state index contributed by atoms with van der Waals surface area (Å²) in [6, 6.07) is 11.3. The van der Waals surface area contributed by atoms with Gasteiger partial charge < -0.3 is 14.6 Å². The van der Waals surface area contributed by atoms with Gasteiger partial charge in [-0.2, -0.15) is 0 Å². The molecule has 0 aliphatic carbocycles. The van der Waals surface area contributed by atoms with Crippen molar-refractivity contribution >= 4 is 17.8 Å². The normalized spacial score (nSPS) is 14.6. The van der Waals surface area contributed by atoms with Gasteiger partial charge in [0.15, 0.2) is 5.76 Å². The Morgan fingerprint density at radius 2 is 2.05 bits per heavy atom. The Hall–Kier alpha value is -3.08. The Morgan fingerprint density at radius 3 is 2.77 bits per heavy atom. The van der Waals surface area contributed by atoms with Crippen molar-refractivity contribution in [1.82, 2.24) is 0 Å². The molecule has 0 fully saturated rings. The number of carbonyl (C=O) groups is 2. The number of methoxy groups -OCH3 is 1. The smallest absolute Gasteiger partial charge is 0.335 e. The molecule has 5 heteroatoms. The van der Waals surface area contributed by atoms with Crippen LogP contribution in [0.3, 0.4) is 0 Å². The van der Waals surface area contributed by atoms with Gasteiger partial charge in [-0.1, -0.05) is 12.1 Å². The highest BCUT2D eigenvalue weighted by Crippen LogP contribution is 2.34. The molecule has 0 radical (unpaired) electrons. The van der Waals surface area contributed by atoms with Crippen molar-refractivity contribution in [3.63, 3.8) is 0 Å². The molecule has 1 aliphatic heterocycles. The summed E-state index contributed by atoms with van der Waals surface area (Å²) in [5.74, 6) is -0.0800. The van der Waals surface area contributed by atoms with Crippen molar-refractivity contribution in [2.75, 3.05) is 7.11 Å². The first-order valence-corrected chi connectivity index (χ1v) is 6.54. The standard InChI is InChI=1S/C17H12O5/c1-21-12-5-6-14-13(9-12)16(18)15(22-14)8-10-3-2-4-11(7-10)17(19)20/h2-9H,1H3,(H,19,20). The lowest BCUT2D eigenvalue weighted by atomic mass is 10.1. The second-order valence-corrected chi connectivity index (χ2v) is 4.73. The quantitative estimate of drug-likeness (QED) is 0.881. The van der Waals surface area contributed by atoms with Crippen molar-refractivity contribution in [2.24, 2.45) is 0 Å². The molecule has 2 aromatic rings. The molecular weight excluding hydrogens is 284 g/mol. The van der Waals surface area contributed by atoms with Gasteiger partial charge in [-0.15, -0.1) is 0 Å². The van der Waals surface area contributed by atoms with Crippen LogP contribution in [0.1, 0.15) is 26.3 Å². The number of hydrogen-bond acceptors (Lipinski definition) is 4. The average Bonchev–Trinajstić information content (AvgIpc) is 2.83. The van der Waals surface area contributed by atoms with E-state index in [9.17, 15) is 9.59 Å². The van der Waals surface area contributed by atoms with E-state index in [-0.39, 0.29) is 17.1 Å². The third-order valence-electron chi connectivity index (χ3n) is 3.31. The van der Waals surface area contributed by atoms with Gasteiger partial charge >= 0.3 is 5.97 Å². The zero-order valence-corrected chi connectivity index (χ0v) is 11.7. The lowest BCUT2D eigenvalue weighted by Crippen LogP contribution is -1.99. The van der Waals surface area contributed by atoms with Crippen molar-refractivity contribution in [3.8, 4) is 11.5 Å². The fourth-order valence-corrected chi connectivity index (χ4v) is 2.21. The summed E-state index contributed by atoms with van der Waals surface area (Å²) in [7, 11) is 1.52. The molecular formula is C17H12O5. The number of hydrogen-bond donors (Lipinski definition) is 1. The Bertz CT molecular complexity index is 804. The molecule has 1 heterocycles. The first kappa shape index (κ1) is 13.9. The summed E-state index contributed by atoms with van der Waals surface area (Å²) in [5, 5.41) is 8.99. The predicted molar refractivity (Wildman–Crippen MR) is 79.3 cm³/mol. The lowest BCUT2D eigenvalue weighted by molar-refractivity contribution is 0.0696. The van der Waals surface area contributed by atoms with Gasteiger partial charge in [0.1, 0.15) is 11.5 Å². The Balaban J connectivity index is 1.96. The first-order chi connectivity index (χ1) is 10.6. The molecule has 0 saturated heterocycles. The molecule has 22 heavy (non-hydrogen) atoms. The highest BCUT2D eigenvalue weighted by molar-refractivity contribution is 6.14. The SMILES string of the molecule is COc1ccc2c(c1)C(=O)C(=Cc1cccc(C(=O)O)c1)O2. The van der Waals surface area contributed by atoms with Crippen LogP contribution in [0.4, 0.5) is 0 Å². The van der Waals surface area contributed by atoms with Crippen molar-refractivity contribution in [3.05, 3.63) is 64.9 Å². The minimum absolute atomic E-state index is 0.152. The molecule has 0 unspecified atom stereocenters. The van der Waals surface area contributed by atoms with E-state index in [0.29, 0.717) is 22.6 Å². The van der Waals surface area contributed by atoms with Crippen LogP contribution in [0, 0.1) is 0 Å². The fourth-order valence-electron chi connectivity index (χ4n) is 2.21. The highest BCUT2D eigenvalue weighted by atomic mass is 16.5. The number of benzene rings is 2. The fraction of sp³-hybridized carbons (Fsp3) is 0.0588. The number of aromatic carboxylic acids is 1. The topological polar surface area (TPSA) is 72.8 Å². The van der Waals surface area contributed by atoms with Crippen LogP contribution in [-0.2, 0) is 0 Å². The van der Waals surface area contributed by atoms with Gasteiger partial charge in [0.2, 0.25) is 5.78 Å². The maximum absolute atomic E-state index is 12.3. The van der Waals surface area contributed by atoms with Gasteiger partial charge in [-0.3, -0.25) is 4.79 Å². The van der Waals surface area contributed by atoms with E-state index < -0.39 is 5.97 Å². The number of ketones is 1. The van der Waals surface area contributed by atoms with E-state index in [1.807, 2.05) is 0 Å². The van der Waals surface area contributed by atoms with E-state index in [2.05, 4.69) is 0 Å². The number of carboxylic acids is 1. The number of carboxylic acid groups (broad SMARTS) is 1. The third-order valence-corrected chi connectivity index (χ3v) is 3.31. The Morgan fingerprint density at radius 1 is 1.23 bits per heavy atom. The van der Waals surface area contributed by atoms with Crippen LogP contribution in [0.25, 0.3) is 6.08 Å². The van der Waals surface area contributed by atoms with Gasteiger partial charge in [0, 0.05) is 0 Å². The summed E-state index contributed by atoms with van der Waals surface area (Å²) in [6.45, 7) is 0. The van der Waals surface area contributed by atoms with E-state index in [0.717, 1.165) is 0 Å². The summed E-state index contributed by atoms with van der Waals surface area (Å²) in [4.78, 5) is 23.3. The Labute approximate surface area is 126 Å². The second-order valence-electron chi connectivity index (χ2n) is 4.73. The number of carbonyl (C=O) groups excluding carboxylic acids is 1. The minimum atomic E-state index is -1.02. The largest absolute Gasteiger partial charge is 0.497 e. The molecule has 2 aromatic carbocycles. The molecule has 1 aliphatic rings. The van der Waals surface area contributed by atoms with Crippen molar-refractivity contribution in [2.45, 2.75) is 0 Å². The summed E-state index contributed by atoms with van der Waals surface area (Å²) in [6.07, 6.45) is 1.53. The zero-order valence-electron chi connectivity index (χ0n) is 11.7. The number of fused-ring (bicyclic) bond motifs is 1. The zero-order chi connectivity index (χ0) is 15.7. The number of rotatable bonds is 3. The van der Waals surface area contributed by atoms with E-state index in [4.69, 9.17) is 14.6 Å². The lowest BCUT2D eigenvalue weighted by Gasteiger charge is -2.01. The average molecular weight is 296 g/mol. The van der Waals surface area contributed by atoms with Crippen molar-refractivity contribution < 1.29 is 24.2 Å². The molecule has 0 aromatic heterocycles. The highest BCUT2D eigenvalue weighted by Gasteiger charge is 2.27. The van der Waals surface area contributed by atoms with Crippen LogP contribution >= 0.6 is 0 Å². The van der Waals surface area contributed by atoms with Crippen molar-refractivity contribution in [1.29, 1.82) is 0 Å². The van der Waals surface area contributed by atoms with Crippen LogP contribution in [0.15, 0.2) is 48.2 Å². The number of Topliss-reactive ketones (excluding diaryl/α,β-unsaturated/α-hetero) is 1. The molecule has 0 saturated carbocycles. The maximum Gasteiger partial charge on any atom is 0.335 e. The molecule has 5 nitrogen and oxygen atoms in total. The van der Waals surface area contributed by atoms with Crippen LogP contribution in [0.5, 0.6) is 11.5 Å². The minimum Gasteiger partial charge on any atom is -0.497 e. The van der Waals surface area contributed by atoms with Crippen LogP contribution in [-0.4, -0.2) is 24.0 Å². The first-order valence-electron chi connectivity index (χ1n) is 6.54. The third kappa shape index (κ3) is 2.44. The predicted octanol–water partition coefficient (Wildman–Crippen LogP) is 3.01. The summed E-state index contributed by atoms with van der Waals surface area (Å²) >= 11 is 0. The number of ether oxygens (including phenoxy) is 2. The molecule has 3 rings (SSSR count). The molecule has 0 spiro atoms. The second kappa shape index (κ2) is 5.37. The molecule has 0 amide bonds. The van der Waals surface area contributed by atoms with Crippen LogP contribution in [0.2, 0.25) is 0 Å². The van der Waals surface area contributed by atoms with Gasteiger partial charge in [0.25, 0.3) is 0 Å². The molecule has 1 N–H and O–H groups in total. The Kier molecular flexibility index (Phi) is 3.39. The molecule has 0 atom stereocenters. The summed E-state index contributed by atoms with van der Waals surface area (Å²) < 4.78 is 10.6. The summed E-state index contributed by atoms with van der Waals surface area (Å²) in [5.41, 5.74) is 1.17.